The van der Waals surface area contributed by atoms with Crippen LogP contribution in [0.3, 0.4) is 0 Å². The fourth-order valence-electron chi connectivity index (χ4n) is 2.60. The number of hydrogen-bond donors (Lipinski definition) is 2. The predicted octanol–water partition coefficient (Wildman–Crippen LogP) is 1.86. The van der Waals surface area contributed by atoms with E-state index in [1.165, 1.54) is 0 Å². The van der Waals surface area contributed by atoms with E-state index < -0.39 is 12.1 Å². The standard InChI is InChI=1S/C17H21NO4/c1-12(19)2-7-15-8-9-16(20)18(15)11-10-13-3-5-14(6-4-13)17(21)22/h2-7,12,15,19H,8-11H2,1H3,(H,21,22)/b7-2+/t12-,15-/m0/s1. The molecular formula is C17H21NO4. The second-order valence-corrected chi connectivity index (χ2v) is 5.57. The lowest BCUT2D eigenvalue weighted by molar-refractivity contribution is -0.128. The first kappa shape index (κ1) is 16.2. The first-order chi connectivity index (χ1) is 10.5. The van der Waals surface area contributed by atoms with Crippen LogP contribution in [0.15, 0.2) is 36.4 Å². The van der Waals surface area contributed by atoms with Gasteiger partial charge in [0.05, 0.1) is 17.7 Å². The van der Waals surface area contributed by atoms with Crippen LogP contribution in [0, 0.1) is 0 Å². The molecule has 1 fully saturated rings. The number of aromatic carboxylic acids is 1. The number of carbonyl (C=O) groups excluding carboxylic acids is 1. The number of likely N-dealkylation sites (tertiary alicyclic amines) is 1. The van der Waals surface area contributed by atoms with Gasteiger partial charge in [0.15, 0.2) is 0 Å². The molecule has 0 unspecified atom stereocenters. The first-order valence-corrected chi connectivity index (χ1v) is 7.45. The van der Waals surface area contributed by atoms with E-state index in [-0.39, 0.29) is 17.5 Å². The molecular weight excluding hydrogens is 282 g/mol. The Balaban J connectivity index is 1.96. The van der Waals surface area contributed by atoms with Crippen LogP contribution in [0.5, 0.6) is 0 Å². The molecule has 1 aromatic carbocycles. The number of nitrogens with zero attached hydrogens (tertiary/aromatic N) is 1. The zero-order valence-corrected chi connectivity index (χ0v) is 12.6. The zero-order valence-electron chi connectivity index (χ0n) is 12.6. The summed E-state index contributed by atoms with van der Waals surface area (Å²) in [7, 11) is 0. The van der Waals surface area contributed by atoms with Crippen molar-refractivity contribution in [1.82, 2.24) is 4.90 Å². The summed E-state index contributed by atoms with van der Waals surface area (Å²) in [5.41, 5.74) is 1.27. The lowest BCUT2D eigenvalue weighted by Crippen LogP contribution is -2.33. The number of amides is 1. The van der Waals surface area contributed by atoms with Gasteiger partial charge < -0.3 is 15.1 Å². The van der Waals surface area contributed by atoms with E-state index in [9.17, 15) is 14.7 Å². The van der Waals surface area contributed by atoms with Gasteiger partial charge in [0, 0.05) is 13.0 Å². The second kappa shape index (κ2) is 7.22. The second-order valence-electron chi connectivity index (χ2n) is 5.57. The van der Waals surface area contributed by atoms with Gasteiger partial charge in [0.2, 0.25) is 5.91 Å². The van der Waals surface area contributed by atoms with Crippen LogP contribution >= 0.6 is 0 Å². The number of rotatable bonds is 6. The van der Waals surface area contributed by atoms with Gasteiger partial charge in [-0.1, -0.05) is 24.3 Å². The van der Waals surface area contributed by atoms with E-state index in [1.807, 2.05) is 11.0 Å². The lowest BCUT2D eigenvalue weighted by atomic mass is 10.1. The van der Waals surface area contributed by atoms with Crippen LogP contribution in [0.1, 0.15) is 35.7 Å². The normalized spacial score (nSPS) is 19.8. The average Bonchev–Trinajstić information content (AvgIpc) is 2.83. The minimum atomic E-state index is -0.940. The van der Waals surface area contributed by atoms with Gasteiger partial charge in [-0.3, -0.25) is 4.79 Å². The summed E-state index contributed by atoms with van der Waals surface area (Å²) in [6.07, 6.45) is 5.08. The molecule has 0 aliphatic carbocycles. The molecule has 1 aromatic rings. The molecule has 1 heterocycles. The highest BCUT2D eigenvalue weighted by Gasteiger charge is 2.28. The van der Waals surface area contributed by atoms with Crippen molar-refractivity contribution in [3.05, 3.63) is 47.5 Å². The smallest absolute Gasteiger partial charge is 0.335 e. The summed E-state index contributed by atoms with van der Waals surface area (Å²) in [5, 5.41) is 18.2. The molecule has 2 N–H and O–H groups in total. The van der Waals surface area contributed by atoms with Crippen LogP contribution in [-0.2, 0) is 11.2 Å². The van der Waals surface area contributed by atoms with Crippen molar-refractivity contribution in [2.45, 2.75) is 38.3 Å². The summed E-state index contributed by atoms with van der Waals surface area (Å²) < 4.78 is 0. The van der Waals surface area contributed by atoms with Crippen LogP contribution in [0.4, 0.5) is 0 Å². The minimum absolute atomic E-state index is 0.0420. The maximum atomic E-state index is 11.9. The minimum Gasteiger partial charge on any atom is -0.478 e. The topological polar surface area (TPSA) is 77.8 Å². The van der Waals surface area contributed by atoms with E-state index in [4.69, 9.17) is 5.11 Å². The van der Waals surface area contributed by atoms with E-state index >= 15 is 0 Å². The van der Waals surface area contributed by atoms with Crippen molar-refractivity contribution in [1.29, 1.82) is 0 Å². The van der Waals surface area contributed by atoms with Crippen molar-refractivity contribution in [2.24, 2.45) is 0 Å². The van der Waals surface area contributed by atoms with Crippen molar-refractivity contribution in [3.63, 3.8) is 0 Å². The number of carboxylic acid groups (broad SMARTS) is 1. The molecule has 0 bridgehead atoms. The lowest BCUT2D eigenvalue weighted by Gasteiger charge is -2.22. The molecule has 22 heavy (non-hydrogen) atoms. The van der Waals surface area contributed by atoms with Gasteiger partial charge in [-0.15, -0.1) is 0 Å². The zero-order chi connectivity index (χ0) is 16.1. The number of carbonyl (C=O) groups is 2. The molecule has 5 heteroatoms. The van der Waals surface area contributed by atoms with Crippen molar-refractivity contribution in [3.8, 4) is 0 Å². The first-order valence-electron chi connectivity index (χ1n) is 7.45. The largest absolute Gasteiger partial charge is 0.478 e. The van der Waals surface area contributed by atoms with Crippen LogP contribution in [0.25, 0.3) is 0 Å². The maximum absolute atomic E-state index is 11.9. The monoisotopic (exact) mass is 303 g/mol. The van der Waals surface area contributed by atoms with E-state index in [2.05, 4.69) is 0 Å². The molecule has 0 saturated carbocycles. The van der Waals surface area contributed by atoms with E-state index in [0.29, 0.717) is 19.4 Å². The van der Waals surface area contributed by atoms with Gasteiger partial charge in [0.25, 0.3) is 0 Å². The summed E-state index contributed by atoms with van der Waals surface area (Å²) in [6.45, 7) is 2.28. The third-order valence-corrected chi connectivity index (χ3v) is 3.83. The Labute approximate surface area is 129 Å². The fraction of sp³-hybridized carbons (Fsp3) is 0.412. The molecule has 1 aliphatic rings. The van der Waals surface area contributed by atoms with E-state index in [1.54, 1.807) is 37.3 Å². The molecule has 0 aromatic heterocycles. The molecule has 1 amide bonds. The molecule has 1 aliphatic heterocycles. The van der Waals surface area contributed by atoms with Gasteiger partial charge in [-0.05, 0) is 37.5 Å². The Hall–Kier alpha value is -2.14. The highest BCUT2D eigenvalue weighted by molar-refractivity contribution is 5.87. The number of aliphatic hydroxyl groups is 1. The predicted molar refractivity (Wildman–Crippen MR) is 82.7 cm³/mol. The summed E-state index contributed by atoms with van der Waals surface area (Å²) in [4.78, 5) is 24.6. The Bertz CT molecular complexity index is 563. The van der Waals surface area contributed by atoms with Crippen molar-refractivity contribution >= 4 is 11.9 Å². The number of hydrogen-bond acceptors (Lipinski definition) is 3. The van der Waals surface area contributed by atoms with Crippen molar-refractivity contribution < 1.29 is 19.8 Å². The summed E-state index contributed by atoms with van der Waals surface area (Å²) in [6, 6.07) is 6.76. The van der Waals surface area contributed by atoms with Crippen LogP contribution in [0.2, 0.25) is 0 Å². The number of aliphatic hydroxyl groups excluding tert-OH is 1. The van der Waals surface area contributed by atoms with Gasteiger partial charge in [0.1, 0.15) is 0 Å². The van der Waals surface area contributed by atoms with Gasteiger partial charge >= 0.3 is 5.97 Å². The van der Waals surface area contributed by atoms with E-state index in [0.717, 1.165) is 12.0 Å². The molecule has 1 saturated heterocycles. The fourth-order valence-corrected chi connectivity index (χ4v) is 2.60. The summed E-state index contributed by atoms with van der Waals surface area (Å²) in [5.74, 6) is -0.813. The number of carboxylic acids is 1. The molecule has 0 spiro atoms. The SMILES string of the molecule is C[C@H](O)/C=C/[C@H]1CCC(=O)N1CCc1ccc(C(=O)O)cc1. The molecule has 2 rings (SSSR count). The molecule has 5 nitrogen and oxygen atoms in total. The van der Waals surface area contributed by atoms with Crippen LogP contribution in [-0.4, -0.2) is 45.7 Å². The van der Waals surface area contributed by atoms with Crippen molar-refractivity contribution in [2.75, 3.05) is 6.54 Å². The summed E-state index contributed by atoms with van der Waals surface area (Å²) >= 11 is 0. The van der Waals surface area contributed by atoms with Gasteiger partial charge in [-0.25, -0.2) is 4.79 Å². The third-order valence-electron chi connectivity index (χ3n) is 3.83. The Morgan fingerprint density at radius 2 is 2.09 bits per heavy atom. The average molecular weight is 303 g/mol. The highest BCUT2D eigenvalue weighted by Crippen LogP contribution is 2.20. The number of benzene rings is 1. The molecule has 2 atom stereocenters. The molecule has 0 radical (unpaired) electrons. The van der Waals surface area contributed by atoms with Gasteiger partial charge in [-0.2, -0.15) is 0 Å². The van der Waals surface area contributed by atoms with Crippen LogP contribution < -0.4 is 0 Å². The Kier molecular flexibility index (Phi) is 5.33. The highest BCUT2D eigenvalue weighted by atomic mass is 16.4. The quantitative estimate of drug-likeness (QED) is 0.786. The third kappa shape index (κ3) is 4.18. The molecule has 118 valence electrons. The Morgan fingerprint density at radius 1 is 1.41 bits per heavy atom. The Morgan fingerprint density at radius 3 is 2.68 bits per heavy atom. The maximum Gasteiger partial charge on any atom is 0.335 e.